The monoisotopic (exact) mass is 385 g/mol. The van der Waals surface area contributed by atoms with Crippen LogP contribution in [0.4, 0.5) is 5.69 Å². The number of amides is 1. The Bertz CT molecular complexity index is 849. The molecule has 0 aromatic heterocycles. The molecule has 0 spiro atoms. The number of nitrogens with one attached hydrogen (secondary N) is 1. The predicted molar refractivity (Wildman–Crippen MR) is 98.4 cm³/mol. The van der Waals surface area contributed by atoms with E-state index in [2.05, 4.69) is 5.32 Å². The Hall–Kier alpha value is -1.56. The first-order valence-electron chi connectivity index (χ1n) is 7.22. The van der Waals surface area contributed by atoms with Gasteiger partial charge in [0, 0.05) is 5.69 Å². The van der Waals surface area contributed by atoms with Crippen molar-refractivity contribution in [2.45, 2.75) is 24.9 Å². The average Bonchev–Trinajstić information content (AvgIpc) is 2.52. The topological polar surface area (TPSA) is 63.2 Å². The summed E-state index contributed by atoms with van der Waals surface area (Å²) >= 11 is 11.7. The largest absolute Gasteiger partial charge is 0.325 e. The lowest BCUT2D eigenvalue weighted by Gasteiger charge is -2.14. The van der Waals surface area contributed by atoms with E-state index in [9.17, 15) is 13.2 Å². The smallest absolute Gasteiger partial charge is 0.242 e. The van der Waals surface area contributed by atoms with Crippen molar-refractivity contribution < 1.29 is 13.2 Å². The van der Waals surface area contributed by atoms with E-state index in [4.69, 9.17) is 23.2 Å². The van der Waals surface area contributed by atoms with Crippen molar-refractivity contribution in [3.05, 3.63) is 63.6 Å². The maximum absolute atomic E-state index is 12.4. The second-order valence-corrected chi connectivity index (χ2v) is 8.69. The molecule has 4 nitrogen and oxygen atoms in total. The minimum Gasteiger partial charge on any atom is -0.325 e. The van der Waals surface area contributed by atoms with Crippen LogP contribution in [0.3, 0.4) is 0 Å². The van der Waals surface area contributed by atoms with E-state index < -0.39 is 21.0 Å². The van der Waals surface area contributed by atoms with E-state index >= 15 is 0 Å². The zero-order chi connectivity index (χ0) is 17.9. The first-order valence-corrected chi connectivity index (χ1v) is 9.69. The Kier molecular flexibility index (Phi) is 5.91. The lowest BCUT2D eigenvalue weighted by molar-refractivity contribution is -0.115. The van der Waals surface area contributed by atoms with Crippen LogP contribution in [0.15, 0.2) is 42.5 Å². The molecule has 0 saturated carbocycles. The molecule has 0 heterocycles. The molecule has 1 atom stereocenters. The van der Waals surface area contributed by atoms with Crippen LogP contribution >= 0.6 is 23.2 Å². The van der Waals surface area contributed by atoms with E-state index in [1.165, 1.54) is 19.1 Å². The third kappa shape index (κ3) is 4.72. The maximum atomic E-state index is 12.4. The highest BCUT2D eigenvalue weighted by atomic mass is 35.5. The molecule has 24 heavy (non-hydrogen) atoms. The van der Waals surface area contributed by atoms with Gasteiger partial charge in [0.05, 0.1) is 15.8 Å². The van der Waals surface area contributed by atoms with Crippen LogP contribution in [0.2, 0.25) is 10.0 Å². The van der Waals surface area contributed by atoms with E-state index in [1.807, 2.05) is 19.1 Å². The number of carbonyl (C=O) groups excluding carboxylic acids is 1. The van der Waals surface area contributed by atoms with Crippen molar-refractivity contribution in [1.29, 1.82) is 0 Å². The molecule has 0 aliphatic rings. The van der Waals surface area contributed by atoms with Crippen molar-refractivity contribution in [2.75, 3.05) is 5.32 Å². The Balaban J connectivity index is 2.10. The van der Waals surface area contributed by atoms with Crippen LogP contribution in [0.1, 0.15) is 18.1 Å². The first kappa shape index (κ1) is 18.8. The number of hydrogen-bond acceptors (Lipinski definition) is 3. The molecule has 2 aromatic rings. The second-order valence-electron chi connectivity index (χ2n) is 5.55. The van der Waals surface area contributed by atoms with Gasteiger partial charge in [-0.3, -0.25) is 4.79 Å². The highest BCUT2D eigenvalue weighted by Crippen LogP contribution is 2.24. The van der Waals surface area contributed by atoms with Crippen molar-refractivity contribution in [1.82, 2.24) is 0 Å². The fraction of sp³-hybridized carbons (Fsp3) is 0.235. The number of anilines is 1. The standard InChI is InChI=1S/C17H17Cl2NO3S/c1-11-3-6-14(7-4-11)20-17(21)12(2)24(22,23)10-13-5-8-15(18)16(19)9-13/h3-9,12H,10H2,1-2H3,(H,20,21)/t12-/m0/s1. The number of rotatable bonds is 5. The number of carbonyl (C=O) groups is 1. The van der Waals surface area contributed by atoms with Gasteiger partial charge in [-0.05, 0) is 43.7 Å². The minimum atomic E-state index is -3.68. The third-order valence-electron chi connectivity index (χ3n) is 3.58. The second kappa shape index (κ2) is 7.55. The van der Waals surface area contributed by atoms with E-state index in [0.717, 1.165) is 5.56 Å². The highest BCUT2D eigenvalue weighted by Gasteiger charge is 2.28. The molecule has 7 heteroatoms. The van der Waals surface area contributed by atoms with Crippen LogP contribution < -0.4 is 5.32 Å². The molecule has 1 N–H and O–H groups in total. The lowest BCUT2D eigenvalue weighted by atomic mass is 10.2. The van der Waals surface area contributed by atoms with Crippen molar-refractivity contribution in [2.24, 2.45) is 0 Å². The molecule has 2 aromatic carbocycles. The predicted octanol–water partition coefficient (Wildman–Crippen LogP) is 4.24. The number of sulfone groups is 1. The van der Waals surface area contributed by atoms with Gasteiger partial charge in [-0.2, -0.15) is 0 Å². The lowest BCUT2D eigenvalue weighted by Crippen LogP contribution is -2.33. The van der Waals surface area contributed by atoms with Gasteiger partial charge in [0.2, 0.25) is 5.91 Å². The van der Waals surface area contributed by atoms with Crippen LogP contribution in [0, 0.1) is 6.92 Å². The zero-order valence-electron chi connectivity index (χ0n) is 13.2. The Morgan fingerprint density at radius 2 is 1.71 bits per heavy atom. The van der Waals surface area contributed by atoms with E-state index in [-0.39, 0.29) is 10.8 Å². The number of benzene rings is 2. The summed E-state index contributed by atoms with van der Waals surface area (Å²) in [6, 6.07) is 11.7. The summed E-state index contributed by atoms with van der Waals surface area (Å²) < 4.78 is 24.9. The molecular formula is C17H17Cl2NO3S. The molecule has 0 fully saturated rings. The van der Waals surface area contributed by atoms with Crippen LogP contribution in [0.25, 0.3) is 0 Å². The van der Waals surface area contributed by atoms with Crippen LogP contribution in [0.5, 0.6) is 0 Å². The Morgan fingerprint density at radius 3 is 2.29 bits per heavy atom. The third-order valence-corrected chi connectivity index (χ3v) is 6.35. The summed E-state index contributed by atoms with van der Waals surface area (Å²) in [5.41, 5.74) is 2.09. The van der Waals surface area contributed by atoms with Crippen LogP contribution in [-0.2, 0) is 20.4 Å². The van der Waals surface area contributed by atoms with Gasteiger partial charge in [-0.25, -0.2) is 8.42 Å². The summed E-state index contributed by atoms with van der Waals surface area (Å²) in [5.74, 6) is -0.856. The van der Waals surface area contributed by atoms with Gasteiger partial charge in [0.15, 0.2) is 9.84 Å². The summed E-state index contributed by atoms with van der Waals surface area (Å²) in [7, 11) is -3.68. The molecule has 0 aliphatic heterocycles. The molecule has 128 valence electrons. The summed E-state index contributed by atoms with van der Waals surface area (Å²) in [6.07, 6.45) is 0. The minimum absolute atomic E-state index is 0.279. The molecule has 0 aliphatic carbocycles. The fourth-order valence-corrected chi connectivity index (χ4v) is 3.63. The molecular weight excluding hydrogens is 369 g/mol. The molecule has 0 unspecified atom stereocenters. The number of hydrogen-bond donors (Lipinski definition) is 1. The van der Waals surface area contributed by atoms with Crippen molar-refractivity contribution in [3.63, 3.8) is 0 Å². The van der Waals surface area contributed by atoms with E-state index in [1.54, 1.807) is 18.2 Å². The van der Waals surface area contributed by atoms with Gasteiger partial charge < -0.3 is 5.32 Å². The summed E-state index contributed by atoms with van der Waals surface area (Å²) in [4.78, 5) is 12.2. The maximum Gasteiger partial charge on any atom is 0.242 e. The average molecular weight is 386 g/mol. The zero-order valence-corrected chi connectivity index (χ0v) is 15.5. The quantitative estimate of drug-likeness (QED) is 0.836. The molecule has 2 rings (SSSR count). The number of halogens is 2. The summed E-state index contributed by atoms with van der Waals surface area (Å²) in [6.45, 7) is 3.30. The Morgan fingerprint density at radius 1 is 1.08 bits per heavy atom. The fourth-order valence-electron chi connectivity index (χ4n) is 2.03. The van der Waals surface area contributed by atoms with E-state index in [0.29, 0.717) is 16.3 Å². The molecule has 1 amide bonds. The van der Waals surface area contributed by atoms with Gasteiger partial charge in [0.25, 0.3) is 0 Å². The van der Waals surface area contributed by atoms with Crippen molar-refractivity contribution >= 4 is 44.6 Å². The molecule has 0 saturated heterocycles. The SMILES string of the molecule is Cc1ccc(NC(=O)[C@H](C)S(=O)(=O)Cc2ccc(Cl)c(Cl)c2)cc1. The Labute approximate surface area is 151 Å². The van der Waals surface area contributed by atoms with Crippen molar-refractivity contribution in [3.8, 4) is 0 Å². The molecule has 0 radical (unpaired) electrons. The van der Waals surface area contributed by atoms with Gasteiger partial charge in [0.1, 0.15) is 5.25 Å². The highest BCUT2D eigenvalue weighted by molar-refractivity contribution is 7.92. The van der Waals surface area contributed by atoms with Gasteiger partial charge in [-0.15, -0.1) is 0 Å². The van der Waals surface area contributed by atoms with Crippen LogP contribution in [-0.4, -0.2) is 19.6 Å². The molecule has 0 bridgehead atoms. The van der Waals surface area contributed by atoms with Gasteiger partial charge in [-0.1, -0.05) is 47.0 Å². The summed E-state index contributed by atoms with van der Waals surface area (Å²) in [5, 5.41) is 2.06. The first-order chi connectivity index (χ1) is 11.2. The van der Waals surface area contributed by atoms with Gasteiger partial charge >= 0.3 is 0 Å². The normalized spacial score (nSPS) is 12.7. The number of aryl methyl sites for hydroxylation is 1.